The molecule has 23 heavy (non-hydrogen) atoms. The van der Waals surface area contributed by atoms with Crippen molar-refractivity contribution < 1.29 is 10.0 Å². The molecule has 0 aliphatic rings. The summed E-state index contributed by atoms with van der Waals surface area (Å²) >= 11 is 0. The maximum atomic E-state index is 11.0. The van der Waals surface area contributed by atoms with Gasteiger partial charge in [0.05, 0.1) is 21.9 Å². The molecule has 0 aliphatic heterocycles. The summed E-state index contributed by atoms with van der Waals surface area (Å²) in [5.74, 6) is 0. The predicted molar refractivity (Wildman–Crippen MR) is 88.3 cm³/mol. The van der Waals surface area contributed by atoms with E-state index >= 15 is 0 Å². The Morgan fingerprint density at radius 3 is 2.43 bits per heavy atom. The number of hydrogen-bond donors (Lipinski definition) is 2. The molecular weight excluding hydrogens is 296 g/mol. The third-order valence-electron chi connectivity index (χ3n) is 3.49. The fraction of sp³-hybridized carbons (Fsp3) is 0.250. The molecule has 2 aromatic rings. The van der Waals surface area contributed by atoms with Gasteiger partial charge in [0.25, 0.3) is 5.69 Å². The molecule has 0 saturated carbocycles. The van der Waals surface area contributed by atoms with Crippen LogP contribution >= 0.6 is 0 Å². The maximum Gasteiger partial charge on any atom is 0.274 e. The van der Waals surface area contributed by atoms with Crippen molar-refractivity contribution in [3.63, 3.8) is 0 Å². The van der Waals surface area contributed by atoms with Gasteiger partial charge in [-0.2, -0.15) is 5.11 Å². The average Bonchev–Trinajstić information content (AvgIpc) is 2.56. The first kappa shape index (κ1) is 16.6. The van der Waals surface area contributed by atoms with Crippen molar-refractivity contribution in [2.45, 2.75) is 19.8 Å². The first-order valence-corrected chi connectivity index (χ1v) is 7.24. The van der Waals surface area contributed by atoms with Crippen LogP contribution in [0.4, 0.5) is 22.7 Å². The summed E-state index contributed by atoms with van der Waals surface area (Å²) in [6.45, 7) is 1.83. The van der Waals surface area contributed by atoms with Crippen LogP contribution in [0.15, 0.2) is 46.6 Å². The van der Waals surface area contributed by atoms with Crippen LogP contribution in [-0.2, 0) is 12.8 Å². The van der Waals surface area contributed by atoms with Crippen LogP contribution in [0.25, 0.3) is 0 Å². The van der Waals surface area contributed by atoms with E-state index in [0.29, 0.717) is 11.4 Å². The summed E-state index contributed by atoms with van der Waals surface area (Å²) in [6.07, 6.45) is 1.04. The molecule has 2 rings (SSSR count). The molecule has 0 aliphatic carbocycles. The number of azo groups is 1. The number of rotatable bonds is 6. The number of aliphatic hydroxyl groups excluding tert-OH is 1. The smallest absolute Gasteiger partial charge is 0.274 e. The van der Waals surface area contributed by atoms with Crippen molar-refractivity contribution in [1.82, 2.24) is 0 Å². The van der Waals surface area contributed by atoms with E-state index in [4.69, 9.17) is 10.8 Å². The van der Waals surface area contributed by atoms with Crippen molar-refractivity contribution >= 4 is 22.7 Å². The van der Waals surface area contributed by atoms with Crippen LogP contribution in [0.5, 0.6) is 0 Å². The number of benzene rings is 2. The van der Waals surface area contributed by atoms with Gasteiger partial charge in [-0.3, -0.25) is 10.1 Å². The molecule has 0 radical (unpaired) electrons. The van der Waals surface area contributed by atoms with Gasteiger partial charge >= 0.3 is 0 Å². The highest BCUT2D eigenvalue weighted by atomic mass is 16.6. The topological polar surface area (TPSA) is 114 Å². The summed E-state index contributed by atoms with van der Waals surface area (Å²) in [4.78, 5) is 10.5. The Bertz CT molecular complexity index is 727. The minimum Gasteiger partial charge on any atom is -0.396 e. The third-order valence-corrected chi connectivity index (χ3v) is 3.49. The molecule has 7 nitrogen and oxygen atoms in total. The molecule has 0 spiro atoms. The SMILES string of the molecule is CCc1ccc(N=Nc2ccc([N+](=O)[O-])c(CCO)c2N)cc1. The van der Waals surface area contributed by atoms with E-state index in [1.54, 1.807) is 0 Å². The highest BCUT2D eigenvalue weighted by Crippen LogP contribution is 2.34. The van der Waals surface area contributed by atoms with E-state index in [-0.39, 0.29) is 30.0 Å². The van der Waals surface area contributed by atoms with Gasteiger partial charge in [-0.15, -0.1) is 5.11 Å². The van der Waals surface area contributed by atoms with Gasteiger partial charge in [0.15, 0.2) is 0 Å². The van der Waals surface area contributed by atoms with Crippen molar-refractivity contribution in [3.8, 4) is 0 Å². The van der Waals surface area contributed by atoms with Crippen LogP contribution in [-0.4, -0.2) is 16.6 Å². The molecule has 0 amide bonds. The minimum absolute atomic E-state index is 0.0940. The fourth-order valence-corrected chi connectivity index (χ4v) is 2.18. The normalized spacial score (nSPS) is 11.0. The summed E-state index contributed by atoms with van der Waals surface area (Å²) in [6, 6.07) is 10.4. The van der Waals surface area contributed by atoms with Gasteiger partial charge in [-0.1, -0.05) is 19.1 Å². The van der Waals surface area contributed by atoms with Gasteiger partial charge in [0, 0.05) is 19.1 Å². The van der Waals surface area contributed by atoms with Gasteiger partial charge < -0.3 is 10.8 Å². The number of nitrogen functional groups attached to an aromatic ring is 1. The van der Waals surface area contributed by atoms with Crippen LogP contribution in [0.2, 0.25) is 0 Å². The van der Waals surface area contributed by atoms with E-state index in [1.807, 2.05) is 24.3 Å². The second kappa shape index (κ2) is 7.46. The van der Waals surface area contributed by atoms with Crippen LogP contribution in [0.1, 0.15) is 18.1 Å². The van der Waals surface area contributed by atoms with Gasteiger partial charge in [0.1, 0.15) is 5.69 Å². The second-order valence-electron chi connectivity index (χ2n) is 4.95. The van der Waals surface area contributed by atoms with Gasteiger partial charge in [-0.05, 0) is 30.2 Å². The van der Waals surface area contributed by atoms with Crippen LogP contribution < -0.4 is 5.73 Å². The number of nitrogens with two attached hydrogens (primary N) is 1. The molecule has 0 aromatic heterocycles. The van der Waals surface area contributed by atoms with Crippen molar-refractivity contribution in [1.29, 1.82) is 0 Å². The summed E-state index contributed by atoms with van der Waals surface area (Å²) in [5.41, 5.74) is 8.48. The first-order chi connectivity index (χ1) is 11.1. The van der Waals surface area contributed by atoms with E-state index in [1.165, 1.54) is 17.7 Å². The molecule has 0 bridgehead atoms. The standard InChI is InChI=1S/C16H18N4O3/c1-2-11-3-5-12(6-4-11)18-19-14-7-8-15(20(22)23)13(9-10-21)16(14)17/h3-8,21H,2,9-10,17H2,1H3. The molecule has 120 valence electrons. The highest BCUT2D eigenvalue weighted by molar-refractivity contribution is 5.72. The molecule has 0 fully saturated rings. The quantitative estimate of drug-likeness (QED) is 0.366. The summed E-state index contributed by atoms with van der Waals surface area (Å²) in [5, 5.41) is 28.3. The summed E-state index contributed by atoms with van der Waals surface area (Å²) < 4.78 is 0. The highest BCUT2D eigenvalue weighted by Gasteiger charge is 2.18. The van der Waals surface area contributed by atoms with Gasteiger partial charge in [0.2, 0.25) is 0 Å². The molecule has 0 heterocycles. The molecule has 7 heteroatoms. The largest absolute Gasteiger partial charge is 0.396 e. The lowest BCUT2D eigenvalue weighted by Crippen LogP contribution is -2.03. The number of hydrogen-bond acceptors (Lipinski definition) is 6. The molecule has 0 saturated heterocycles. The van der Waals surface area contributed by atoms with Crippen LogP contribution in [0.3, 0.4) is 0 Å². The van der Waals surface area contributed by atoms with E-state index in [2.05, 4.69) is 17.2 Å². The zero-order chi connectivity index (χ0) is 16.8. The molecule has 2 aromatic carbocycles. The van der Waals surface area contributed by atoms with Crippen molar-refractivity contribution in [2.24, 2.45) is 10.2 Å². The predicted octanol–water partition coefficient (Wildman–Crippen LogP) is 3.69. The lowest BCUT2D eigenvalue weighted by molar-refractivity contribution is -0.385. The van der Waals surface area contributed by atoms with E-state index in [9.17, 15) is 10.1 Å². The number of aliphatic hydroxyl groups is 1. The van der Waals surface area contributed by atoms with E-state index in [0.717, 1.165) is 6.42 Å². The lowest BCUT2D eigenvalue weighted by Gasteiger charge is -2.07. The molecular formula is C16H18N4O3. The molecule has 3 N–H and O–H groups in total. The Labute approximate surface area is 133 Å². The molecule has 0 atom stereocenters. The van der Waals surface area contributed by atoms with Gasteiger partial charge in [-0.25, -0.2) is 0 Å². The Morgan fingerprint density at radius 1 is 1.17 bits per heavy atom. The average molecular weight is 314 g/mol. The Morgan fingerprint density at radius 2 is 1.87 bits per heavy atom. The first-order valence-electron chi connectivity index (χ1n) is 7.24. The number of nitrogens with zero attached hydrogens (tertiary/aromatic N) is 3. The monoisotopic (exact) mass is 314 g/mol. The lowest BCUT2D eigenvalue weighted by atomic mass is 10.1. The number of nitro benzene ring substituents is 1. The zero-order valence-electron chi connectivity index (χ0n) is 12.8. The Hall–Kier alpha value is -2.80. The van der Waals surface area contributed by atoms with Crippen LogP contribution in [0, 0.1) is 10.1 Å². The third kappa shape index (κ3) is 3.89. The second-order valence-corrected chi connectivity index (χ2v) is 4.95. The Balaban J connectivity index is 2.33. The minimum atomic E-state index is -0.522. The molecule has 0 unspecified atom stereocenters. The van der Waals surface area contributed by atoms with Crippen molar-refractivity contribution in [3.05, 3.63) is 57.6 Å². The fourth-order valence-electron chi connectivity index (χ4n) is 2.18. The maximum absolute atomic E-state index is 11.0. The number of nitro groups is 1. The number of anilines is 1. The van der Waals surface area contributed by atoms with E-state index < -0.39 is 4.92 Å². The number of aryl methyl sites for hydroxylation is 1. The summed E-state index contributed by atoms with van der Waals surface area (Å²) in [7, 11) is 0. The Kier molecular flexibility index (Phi) is 5.37. The zero-order valence-corrected chi connectivity index (χ0v) is 12.8. The van der Waals surface area contributed by atoms with Crippen molar-refractivity contribution in [2.75, 3.05) is 12.3 Å².